The molecule has 0 saturated heterocycles. The first-order chi connectivity index (χ1) is 14.5. The third-order valence-corrected chi connectivity index (χ3v) is 7.35. The summed E-state index contributed by atoms with van der Waals surface area (Å²) < 4.78 is 0. The van der Waals surface area contributed by atoms with Gasteiger partial charge in [0.15, 0.2) is 0 Å². The van der Waals surface area contributed by atoms with Crippen LogP contribution < -0.4 is 10.6 Å². The quantitative estimate of drug-likeness (QED) is 0.406. The van der Waals surface area contributed by atoms with Crippen molar-refractivity contribution >= 4 is 34.0 Å². The Balaban J connectivity index is 1.53. The number of thiophene rings is 1. The summed E-state index contributed by atoms with van der Waals surface area (Å²) in [7, 11) is 0. The van der Waals surface area contributed by atoms with E-state index in [1.807, 2.05) is 30.3 Å². The van der Waals surface area contributed by atoms with Gasteiger partial charge in [0.1, 0.15) is 10.8 Å². The van der Waals surface area contributed by atoms with Gasteiger partial charge in [-0.1, -0.05) is 43.2 Å². The molecular weight excluding hydrogens is 398 g/mol. The summed E-state index contributed by atoms with van der Waals surface area (Å²) in [4.78, 5) is 25.9. The van der Waals surface area contributed by atoms with Gasteiger partial charge < -0.3 is 15.7 Å². The summed E-state index contributed by atoms with van der Waals surface area (Å²) in [5, 5.41) is 25.0. The Morgan fingerprint density at radius 1 is 1.07 bits per heavy atom. The molecule has 0 aliphatic heterocycles. The molecule has 1 aromatic heterocycles. The van der Waals surface area contributed by atoms with E-state index in [2.05, 4.69) is 10.6 Å². The number of carboxylic acids is 1. The monoisotopic (exact) mass is 425 g/mol. The molecule has 1 amide bonds. The number of hydrogen-bond acceptors (Lipinski definition) is 4. The van der Waals surface area contributed by atoms with Gasteiger partial charge in [-0.3, -0.25) is 15.0 Å². The predicted octanol–water partition coefficient (Wildman–Crippen LogP) is 4.45. The fourth-order valence-corrected chi connectivity index (χ4v) is 5.89. The molecule has 0 radical (unpaired) electrons. The number of aryl methyl sites for hydroxylation is 1. The zero-order chi connectivity index (χ0) is 21.1. The van der Waals surface area contributed by atoms with Gasteiger partial charge in [-0.25, -0.2) is 0 Å². The van der Waals surface area contributed by atoms with Gasteiger partial charge in [-0.05, 0) is 43.2 Å². The lowest BCUT2D eigenvalue weighted by molar-refractivity contribution is -0.143. The molecule has 0 spiro atoms. The van der Waals surface area contributed by atoms with Crippen LogP contribution in [0.2, 0.25) is 0 Å². The SMILES string of the molecule is N=C(Nc1sc2c(c1C(=O)NCc1ccccc1)CCC2)C1CCCCC1C(=O)O. The molecule has 1 saturated carbocycles. The maximum atomic E-state index is 13.1. The topological polar surface area (TPSA) is 102 Å². The van der Waals surface area contributed by atoms with Gasteiger partial charge in [-0.15, -0.1) is 11.3 Å². The summed E-state index contributed by atoms with van der Waals surface area (Å²) in [6.45, 7) is 0.449. The fraction of sp³-hybridized carbons (Fsp3) is 0.435. The lowest BCUT2D eigenvalue weighted by Crippen LogP contribution is -2.36. The molecule has 2 aliphatic rings. The summed E-state index contributed by atoms with van der Waals surface area (Å²) in [6.07, 6.45) is 6.00. The standard InChI is InChI=1S/C23H27N3O3S/c24-20(15-9-4-5-10-16(15)23(28)29)26-22-19(17-11-6-12-18(17)30-22)21(27)25-13-14-7-2-1-3-8-14/h1-3,7-8,15-16H,4-6,9-13H2,(H2,24,26)(H,25,27)(H,28,29). The predicted molar refractivity (Wildman–Crippen MR) is 118 cm³/mol. The Kier molecular flexibility index (Phi) is 6.18. The van der Waals surface area contributed by atoms with E-state index < -0.39 is 11.9 Å². The molecule has 1 heterocycles. The second-order valence-corrected chi connectivity index (χ2v) is 9.21. The van der Waals surface area contributed by atoms with Crippen molar-refractivity contribution in [3.63, 3.8) is 0 Å². The van der Waals surface area contributed by atoms with E-state index in [0.717, 1.165) is 43.2 Å². The lowest BCUT2D eigenvalue weighted by atomic mass is 9.78. The number of rotatable bonds is 6. The zero-order valence-corrected chi connectivity index (χ0v) is 17.7. The van der Waals surface area contributed by atoms with Crippen molar-refractivity contribution in [2.24, 2.45) is 11.8 Å². The van der Waals surface area contributed by atoms with Crippen LogP contribution in [-0.2, 0) is 24.2 Å². The lowest BCUT2D eigenvalue weighted by Gasteiger charge is -2.29. The molecule has 6 nitrogen and oxygen atoms in total. The Morgan fingerprint density at radius 3 is 2.53 bits per heavy atom. The van der Waals surface area contributed by atoms with Crippen LogP contribution in [0.4, 0.5) is 5.00 Å². The molecule has 4 rings (SSSR count). The van der Waals surface area contributed by atoms with E-state index in [0.29, 0.717) is 30.0 Å². The first-order valence-electron chi connectivity index (χ1n) is 10.6. The number of carboxylic acid groups (broad SMARTS) is 1. The highest BCUT2D eigenvalue weighted by molar-refractivity contribution is 7.17. The molecule has 1 fully saturated rings. The number of anilines is 1. The van der Waals surface area contributed by atoms with E-state index in [1.54, 1.807) is 11.3 Å². The largest absolute Gasteiger partial charge is 0.481 e. The van der Waals surface area contributed by atoms with Gasteiger partial charge in [0, 0.05) is 17.3 Å². The number of carbonyl (C=O) groups is 2. The number of nitrogens with one attached hydrogen (secondary N) is 3. The normalized spacial score (nSPS) is 20.4. The smallest absolute Gasteiger partial charge is 0.307 e. The number of amides is 1. The first-order valence-corrected chi connectivity index (χ1v) is 11.4. The van der Waals surface area contributed by atoms with Crippen molar-refractivity contribution in [2.75, 3.05) is 5.32 Å². The molecule has 2 aromatic rings. The number of hydrogen-bond donors (Lipinski definition) is 4. The Bertz CT molecular complexity index is 954. The van der Waals surface area contributed by atoms with Crippen LogP contribution >= 0.6 is 11.3 Å². The number of carbonyl (C=O) groups excluding carboxylic acids is 1. The van der Waals surface area contributed by atoms with Crippen molar-refractivity contribution in [1.82, 2.24) is 5.32 Å². The van der Waals surface area contributed by atoms with E-state index >= 15 is 0 Å². The van der Waals surface area contributed by atoms with Gasteiger partial charge in [0.2, 0.25) is 0 Å². The maximum absolute atomic E-state index is 13.1. The molecule has 1 aromatic carbocycles. The maximum Gasteiger partial charge on any atom is 0.307 e. The number of fused-ring (bicyclic) bond motifs is 1. The van der Waals surface area contributed by atoms with Crippen LogP contribution in [0.5, 0.6) is 0 Å². The van der Waals surface area contributed by atoms with Crippen molar-refractivity contribution in [3.05, 3.63) is 51.9 Å². The minimum atomic E-state index is -0.833. The second kappa shape index (κ2) is 9.00. The van der Waals surface area contributed by atoms with Gasteiger partial charge >= 0.3 is 5.97 Å². The molecule has 158 valence electrons. The minimum Gasteiger partial charge on any atom is -0.481 e. The van der Waals surface area contributed by atoms with E-state index in [4.69, 9.17) is 5.41 Å². The van der Waals surface area contributed by atoms with Crippen LogP contribution in [0.3, 0.4) is 0 Å². The molecular formula is C23H27N3O3S. The third kappa shape index (κ3) is 4.26. The van der Waals surface area contributed by atoms with Crippen LogP contribution in [0.1, 0.15) is 58.5 Å². The van der Waals surface area contributed by atoms with E-state index in [9.17, 15) is 14.7 Å². The molecule has 2 unspecified atom stereocenters. The van der Waals surface area contributed by atoms with Crippen LogP contribution in [-0.4, -0.2) is 22.8 Å². The zero-order valence-electron chi connectivity index (χ0n) is 16.9. The van der Waals surface area contributed by atoms with E-state index in [1.165, 1.54) is 4.88 Å². The third-order valence-electron chi connectivity index (χ3n) is 6.15. The highest BCUT2D eigenvalue weighted by atomic mass is 32.1. The second-order valence-electron chi connectivity index (χ2n) is 8.10. The van der Waals surface area contributed by atoms with Crippen LogP contribution in [0.15, 0.2) is 30.3 Å². The first kappa shape index (κ1) is 20.6. The number of amidine groups is 1. The Hall–Kier alpha value is -2.67. The number of aliphatic carboxylic acids is 1. The summed E-state index contributed by atoms with van der Waals surface area (Å²) in [6, 6.07) is 9.78. The minimum absolute atomic E-state index is 0.132. The van der Waals surface area contributed by atoms with E-state index in [-0.39, 0.29) is 17.7 Å². The summed E-state index contributed by atoms with van der Waals surface area (Å²) in [5.41, 5.74) is 2.75. The van der Waals surface area contributed by atoms with Crippen molar-refractivity contribution in [1.29, 1.82) is 5.41 Å². The highest BCUT2D eigenvalue weighted by Gasteiger charge is 2.35. The van der Waals surface area contributed by atoms with Crippen molar-refractivity contribution < 1.29 is 14.7 Å². The summed E-state index contributed by atoms with van der Waals surface area (Å²) >= 11 is 1.54. The molecule has 7 heteroatoms. The molecule has 2 aliphatic carbocycles. The van der Waals surface area contributed by atoms with Crippen LogP contribution in [0, 0.1) is 17.2 Å². The van der Waals surface area contributed by atoms with Gasteiger partial charge in [0.25, 0.3) is 5.91 Å². The van der Waals surface area contributed by atoms with Crippen molar-refractivity contribution in [3.8, 4) is 0 Å². The summed E-state index contributed by atoms with van der Waals surface area (Å²) in [5.74, 6) is -1.60. The fourth-order valence-electron chi connectivity index (χ4n) is 4.59. The Labute approximate surface area is 180 Å². The molecule has 0 bridgehead atoms. The number of benzene rings is 1. The average molecular weight is 426 g/mol. The Morgan fingerprint density at radius 2 is 1.80 bits per heavy atom. The van der Waals surface area contributed by atoms with Gasteiger partial charge in [0.05, 0.1) is 11.5 Å². The van der Waals surface area contributed by atoms with Crippen LogP contribution in [0.25, 0.3) is 0 Å². The molecule has 2 atom stereocenters. The molecule has 4 N–H and O–H groups in total. The average Bonchev–Trinajstić information content (AvgIpc) is 3.33. The van der Waals surface area contributed by atoms with Gasteiger partial charge in [-0.2, -0.15) is 0 Å². The van der Waals surface area contributed by atoms with Crippen molar-refractivity contribution in [2.45, 2.75) is 51.5 Å². The highest BCUT2D eigenvalue weighted by Crippen LogP contribution is 2.40. The molecule has 30 heavy (non-hydrogen) atoms.